The second kappa shape index (κ2) is 29.9. The van der Waals surface area contributed by atoms with E-state index < -0.39 is 75.7 Å². The number of allylic oxidation sites excluding steroid dienone is 2. The molecule has 14 heteroatoms. The summed E-state index contributed by atoms with van der Waals surface area (Å²) in [6.07, 6.45) is 14.6. The fraction of sp³-hybridized carbons (Fsp3) is 0.895. The third-order valence-electron chi connectivity index (χ3n) is 9.36. The van der Waals surface area contributed by atoms with Gasteiger partial charge in [0, 0.05) is 12.8 Å². The maximum atomic E-state index is 12.7. The summed E-state index contributed by atoms with van der Waals surface area (Å²) >= 11 is 0. The van der Waals surface area contributed by atoms with Gasteiger partial charge in [-0.3, -0.25) is 18.6 Å². The minimum absolute atomic E-state index is 0.0503. The number of ether oxygens (including phenoxy) is 2. The molecule has 1 aliphatic rings. The van der Waals surface area contributed by atoms with Gasteiger partial charge < -0.3 is 39.9 Å². The molecule has 1 aliphatic carbocycles. The van der Waals surface area contributed by atoms with Crippen molar-refractivity contribution in [3.8, 4) is 0 Å². The Hall–Kier alpha value is -1.41. The van der Waals surface area contributed by atoms with E-state index in [9.17, 15) is 44.6 Å². The van der Waals surface area contributed by atoms with Gasteiger partial charge in [0.05, 0.1) is 6.61 Å². The van der Waals surface area contributed by atoms with Gasteiger partial charge >= 0.3 is 19.8 Å². The quantitative estimate of drug-likeness (QED) is 0.0192. The van der Waals surface area contributed by atoms with Crippen molar-refractivity contribution in [1.29, 1.82) is 0 Å². The SMILES string of the molecule is CCCCC/C=C\CCCC(=O)OC(COC(=O)CCCCCCCCCCCCCCCCC)COP(=O)(O)OC1C(O)C(O)C(O)C(O)C1O. The zero-order valence-electron chi connectivity index (χ0n) is 31.9. The Morgan fingerprint density at radius 1 is 0.577 bits per heavy atom. The van der Waals surface area contributed by atoms with Gasteiger partial charge in [-0.1, -0.05) is 129 Å². The first-order valence-corrected chi connectivity index (χ1v) is 21.5. The van der Waals surface area contributed by atoms with Gasteiger partial charge in [-0.25, -0.2) is 4.57 Å². The molecule has 0 radical (unpaired) electrons. The lowest BCUT2D eigenvalue weighted by molar-refractivity contribution is -0.220. The number of aliphatic hydroxyl groups excluding tert-OH is 5. The Morgan fingerprint density at radius 3 is 1.52 bits per heavy atom. The summed E-state index contributed by atoms with van der Waals surface area (Å²) in [5, 5.41) is 49.9. The van der Waals surface area contributed by atoms with Crippen molar-refractivity contribution in [3.63, 3.8) is 0 Å². The minimum atomic E-state index is -5.11. The van der Waals surface area contributed by atoms with E-state index in [1.54, 1.807) is 0 Å². The lowest BCUT2D eigenvalue weighted by atomic mass is 9.85. The number of phosphoric ester groups is 1. The molecule has 0 aromatic carbocycles. The second-order valence-corrected chi connectivity index (χ2v) is 15.5. The highest BCUT2D eigenvalue weighted by atomic mass is 31.2. The van der Waals surface area contributed by atoms with Crippen LogP contribution in [0.2, 0.25) is 0 Å². The number of esters is 2. The molecule has 0 aliphatic heterocycles. The Balaban J connectivity index is 2.49. The summed E-state index contributed by atoms with van der Waals surface area (Å²) in [7, 11) is -5.11. The fourth-order valence-electron chi connectivity index (χ4n) is 6.05. The van der Waals surface area contributed by atoms with Gasteiger partial charge in [-0.05, 0) is 32.1 Å². The van der Waals surface area contributed by atoms with Gasteiger partial charge in [-0.2, -0.15) is 0 Å². The van der Waals surface area contributed by atoms with Crippen LogP contribution in [0.1, 0.15) is 162 Å². The topological polar surface area (TPSA) is 210 Å². The highest BCUT2D eigenvalue weighted by Crippen LogP contribution is 2.47. The Labute approximate surface area is 312 Å². The first kappa shape index (κ1) is 48.6. The number of unbranched alkanes of at least 4 members (excludes halogenated alkanes) is 18. The van der Waals surface area contributed by atoms with Crippen molar-refractivity contribution in [2.45, 2.75) is 204 Å². The molecule has 52 heavy (non-hydrogen) atoms. The van der Waals surface area contributed by atoms with Gasteiger partial charge in [0.2, 0.25) is 0 Å². The Bertz CT molecular complexity index is 980. The molecule has 1 saturated carbocycles. The van der Waals surface area contributed by atoms with Crippen LogP contribution in [0.4, 0.5) is 0 Å². The van der Waals surface area contributed by atoms with Gasteiger partial charge in [0.15, 0.2) is 6.10 Å². The summed E-state index contributed by atoms with van der Waals surface area (Å²) in [6, 6.07) is 0. The van der Waals surface area contributed by atoms with E-state index >= 15 is 0 Å². The smallest absolute Gasteiger partial charge is 0.462 e. The predicted molar refractivity (Wildman–Crippen MR) is 198 cm³/mol. The van der Waals surface area contributed by atoms with E-state index in [0.29, 0.717) is 19.3 Å². The molecule has 1 rings (SSSR count). The van der Waals surface area contributed by atoms with E-state index in [1.807, 2.05) is 6.08 Å². The molecule has 0 bridgehead atoms. The van der Waals surface area contributed by atoms with Crippen LogP contribution in [-0.4, -0.2) is 98.3 Å². The maximum Gasteiger partial charge on any atom is 0.472 e. The standard InChI is InChI=1S/C38H71O13P/c1-3-5-7-9-11-13-14-15-16-17-18-19-21-22-24-26-31(39)48-28-30(50-32(40)27-25-23-20-12-10-8-6-4-2)29-49-52(46,47)51-38-36(44)34(42)33(41)35(43)37(38)45/h12,20,30,33-38,41-45H,3-11,13-19,21-29H2,1-2H3,(H,46,47)/b20-12-. The molecule has 306 valence electrons. The van der Waals surface area contributed by atoms with Crippen molar-refractivity contribution in [3.05, 3.63) is 12.2 Å². The zero-order chi connectivity index (χ0) is 38.6. The van der Waals surface area contributed by atoms with E-state index in [-0.39, 0.29) is 12.8 Å². The van der Waals surface area contributed by atoms with Crippen LogP contribution in [0, 0.1) is 0 Å². The molecule has 13 nitrogen and oxygen atoms in total. The van der Waals surface area contributed by atoms with Crippen molar-refractivity contribution in [2.75, 3.05) is 13.2 Å². The molecule has 0 amide bonds. The fourth-order valence-corrected chi connectivity index (χ4v) is 7.03. The zero-order valence-corrected chi connectivity index (χ0v) is 32.8. The van der Waals surface area contributed by atoms with Crippen LogP contribution in [0.3, 0.4) is 0 Å². The first-order valence-electron chi connectivity index (χ1n) is 20.0. The number of carbonyl (C=O) groups excluding carboxylic acids is 2. The number of carbonyl (C=O) groups is 2. The van der Waals surface area contributed by atoms with E-state index in [2.05, 4.69) is 19.9 Å². The maximum absolute atomic E-state index is 12.7. The molecular formula is C38H71O13P. The third-order valence-corrected chi connectivity index (χ3v) is 10.3. The molecule has 0 saturated heterocycles. The Morgan fingerprint density at radius 2 is 1.00 bits per heavy atom. The summed E-state index contributed by atoms with van der Waals surface area (Å²) in [5.41, 5.74) is 0. The van der Waals surface area contributed by atoms with Crippen LogP contribution in [0.25, 0.3) is 0 Å². The van der Waals surface area contributed by atoms with Gasteiger partial charge in [0.25, 0.3) is 0 Å². The molecule has 6 N–H and O–H groups in total. The van der Waals surface area contributed by atoms with Crippen molar-refractivity contribution in [2.24, 2.45) is 0 Å². The highest BCUT2D eigenvalue weighted by Gasteiger charge is 2.51. The number of phosphoric acid groups is 1. The molecule has 0 spiro atoms. The van der Waals surface area contributed by atoms with Crippen molar-refractivity contribution < 1.29 is 63.1 Å². The average molecular weight is 767 g/mol. The molecule has 6 atom stereocenters. The molecular weight excluding hydrogens is 695 g/mol. The largest absolute Gasteiger partial charge is 0.472 e. The molecule has 6 unspecified atom stereocenters. The summed E-state index contributed by atoms with van der Waals surface area (Å²) < 4.78 is 33.2. The van der Waals surface area contributed by atoms with Crippen molar-refractivity contribution in [1.82, 2.24) is 0 Å². The minimum Gasteiger partial charge on any atom is -0.462 e. The van der Waals surface area contributed by atoms with Crippen LogP contribution in [0.5, 0.6) is 0 Å². The normalized spacial score (nSPS) is 23.8. The van der Waals surface area contributed by atoms with Crippen LogP contribution in [-0.2, 0) is 32.7 Å². The molecule has 1 fully saturated rings. The third kappa shape index (κ3) is 22.7. The molecule has 0 aromatic heterocycles. The van der Waals surface area contributed by atoms with E-state index in [4.69, 9.17) is 18.5 Å². The van der Waals surface area contributed by atoms with Crippen LogP contribution in [0.15, 0.2) is 12.2 Å². The molecule has 0 aromatic rings. The van der Waals surface area contributed by atoms with Gasteiger partial charge in [0.1, 0.15) is 43.2 Å². The summed E-state index contributed by atoms with van der Waals surface area (Å²) in [6.45, 7) is 3.19. The van der Waals surface area contributed by atoms with Gasteiger partial charge in [-0.15, -0.1) is 0 Å². The lowest BCUT2D eigenvalue weighted by Crippen LogP contribution is -2.64. The number of aliphatic hydroxyl groups is 5. The van der Waals surface area contributed by atoms with Crippen molar-refractivity contribution >= 4 is 19.8 Å². The van der Waals surface area contributed by atoms with Crippen LogP contribution >= 0.6 is 7.82 Å². The monoisotopic (exact) mass is 766 g/mol. The second-order valence-electron chi connectivity index (χ2n) is 14.1. The summed E-state index contributed by atoms with van der Waals surface area (Å²) in [4.78, 5) is 35.3. The first-order chi connectivity index (χ1) is 24.9. The Kier molecular flexibility index (Phi) is 27.9. The summed E-state index contributed by atoms with van der Waals surface area (Å²) in [5.74, 6) is -1.14. The lowest BCUT2D eigenvalue weighted by Gasteiger charge is -2.41. The highest BCUT2D eigenvalue weighted by molar-refractivity contribution is 7.47. The van der Waals surface area contributed by atoms with E-state index in [1.165, 1.54) is 70.6 Å². The average Bonchev–Trinajstić information content (AvgIpc) is 3.12. The van der Waals surface area contributed by atoms with Crippen LogP contribution < -0.4 is 0 Å². The number of hydrogen-bond donors (Lipinski definition) is 6. The van der Waals surface area contributed by atoms with E-state index in [0.717, 1.165) is 44.9 Å². The molecule has 0 heterocycles. The number of rotatable bonds is 32. The number of hydrogen-bond acceptors (Lipinski definition) is 12. The predicted octanol–water partition coefficient (Wildman–Crippen LogP) is 6.33.